The maximum absolute atomic E-state index is 14.7. The Morgan fingerprint density at radius 3 is 2.20 bits per heavy atom. The van der Waals surface area contributed by atoms with E-state index in [0.717, 1.165) is 40.0 Å². The van der Waals surface area contributed by atoms with Crippen molar-refractivity contribution < 1.29 is 33.0 Å². The van der Waals surface area contributed by atoms with Crippen molar-refractivity contribution >= 4 is 18.0 Å². The molecule has 186 valence electrons. The van der Waals surface area contributed by atoms with Crippen LogP contribution in [-0.4, -0.2) is 59.6 Å². The molecule has 2 aromatic carbocycles. The number of nitrogens with one attached hydrogen (secondary N) is 1. The number of halogens is 2. The van der Waals surface area contributed by atoms with E-state index in [-0.39, 0.29) is 25.5 Å². The molecule has 2 N–H and O–H groups in total. The summed E-state index contributed by atoms with van der Waals surface area (Å²) >= 11 is 0. The molecule has 0 bridgehead atoms. The van der Waals surface area contributed by atoms with Gasteiger partial charge < -0.3 is 20.1 Å². The number of nitrogens with zero attached hydrogens (tertiary/aromatic N) is 1. The molecule has 1 heterocycles. The Kier molecular flexibility index (Phi) is 7.33. The highest BCUT2D eigenvalue weighted by Crippen LogP contribution is 2.44. The molecule has 0 saturated carbocycles. The van der Waals surface area contributed by atoms with Crippen LogP contribution < -0.4 is 5.32 Å². The van der Waals surface area contributed by atoms with E-state index in [4.69, 9.17) is 4.74 Å². The highest BCUT2D eigenvalue weighted by Gasteiger charge is 2.46. The van der Waals surface area contributed by atoms with Crippen LogP contribution in [0.2, 0.25) is 0 Å². The van der Waals surface area contributed by atoms with Crippen LogP contribution >= 0.6 is 0 Å². The van der Waals surface area contributed by atoms with Gasteiger partial charge in [0.1, 0.15) is 12.6 Å². The minimum Gasteiger partial charge on any atom is -0.480 e. The fraction of sp³-hybridized carbons (Fsp3) is 0.423. The second kappa shape index (κ2) is 10.4. The van der Waals surface area contributed by atoms with Crippen molar-refractivity contribution in [2.45, 2.75) is 50.0 Å². The number of hydrogen-bond acceptors (Lipinski definition) is 4. The van der Waals surface area contributed by atoms with E-state index < -0.39 is 36.5 Å². The molecule has 1 aliphatic heterocycles. The zero-order valence-corrected chi connectivity index (χ0v) is 19.2. The van der Waals surface area contributed by atoms with E-state index in [1.807, 2.05) is 53.8 Å². The molecule has 1 saturated heterocycles. The predicted octanol–water partition coefficient (Wildman–Crippen LogP) is 4.41. The smallest absolute Gasteiger partial charge is 0.407 e. The number of likely N-dealkylation sites (tertiary alicyclic amines) is 1. The van der Waals surface area contributed by atoms with Gasteiger partial charge in [0.2, 0.25) is 0 Å². The molecule has 0 radical (unpaired) electrons. The number of aliphatic carboxylic acids is 1. The number of benzene rings is 2. The number of carbonyl (C=O) groups excluding carboxylic acids is 2. The molecule has 1 atom stereocenters. The van der Waals surface area contributed by atoms with Crippen LogP contribution in [0.25, 0.3) is 11.1 Å². The van der Waals surface area contributed by atoms with E-state index in [2.05, 4.69) is 0 Å². The Balaban J connectivity index is 1.36. The average molecular weight is 487 g/mol. The van der Waals surface area contributed by atoms with Crippen LogP contribution in [-0.2, 0) is 14.3 Å². The van der Waals surface area contributed by atoms with Crippen LogP contribution in [0.15, 0.2) is 48.5 Å². The standard InChI is InChI=1S/C26H28F2N2O5/c27-26(28,24(33)30-14-8-2-1-3-13-22(30)23(31)32)16-29-25(34)35-15-21-19-11-6-4-9-17(19)18-10-5-7-12-20(18)21/h4-7,9-12,21-22H,1-3,8,13-16H2,(H,29,34)(H,31,32). The summed E-state index contributed by atoms with van der Waals surface area (Å²) in [5, 5.41) is 11.4. The van der Waals surface area contributed by atoms with Gasteiger partial charge in [-0.2, -0.15) is 8.78 Å². The summed E-state index contributed by atoms with van der Waals surface area (Å²) in [6, 6.07) is 14.2. The topological polar surface area (TPSA) is 95.9 Å². The molecule has 2 aromatic rings. The largest absolute Gasteiger partial charge is 0.480 e. The predicted molar refractivity (Wildman–Crippen MR) is 124 cm³/mol. The second-order valence-corrected chi connectivity index (χ2v) is 8.94. The van der Waals surface area contributed by atoms with Gasteiger partial charge in [0.05, 0.1) is 6.54 Å². The van der Waals surface area contributed by atoms with Crippen molar-refractivity contribution in [1.82, 2.24) is 10.2 Å². The molecular formula is C26H28F2N2O5. The minimum absolute atomic E-state index is 0.0490. The molecule has 7 nitrogen and oxygen atoms in total. The lowest BCUT2D eigenvalue weighted by molar-refractivity contribution is -0.165. The Morgan fingerprint density at radius 2 is 1.57 bits per heavy atom. The van der Waals surface area contributed by atoms with Crippen molar-refractivity contribution in [3.8, 4) is 11.1 Å². The van der Waals surface area contributed by atoms with Gasteiger partial charge in [-0.15, -0.1) is 0 Å². The van der Waals surface area contributed by atoms with Crippen LogP contribution in [0.4, 0.5) is 13.6 Å². The number of ether oxygens (including phenoxy) is 1. The Morgan fingerprint density at radius 1 is 0.971 bits per heavy atom. The summed E-state index contributed by atoms with van der Waals surface area (Å²) in [7, 11) is 0. The quantitative estimate of drug-likeness (QED) is 0.631. The molecule has 0 spiro atoms. The van der Waals surface area contributed by atoms with E-state index in [1.54, 1.807) is 0 Å². The third-order valence-corrected chi connectivity index (χ3v) is 6.66. The highest BCUT2D eigenvalue weighted by atomic mass is 19.3. The lowest BCUT2D eigenvalue weighted by Gasteiger charge is -2.33. The number of rotatable bonds is 6. The van der Waals surface area contributed by atoms with Gasteiger partial charge in [-0.3, -0.25) is 4.79 Å². The number of alkyl carbamates (subject to hydrolysis) is 1. The SMILES string of the molecule is O=C(NCC(F)(F)C(=O)N1CCCCCCC1C(=O)O)OCC1c2ccccc2-c2ccccc21. The first-order chi connectivity index (χ1) is 16.8. The summed E-state index contributed by atoms with van der Waals surface area (Å²) in [6.07, 6.45) is 1.58. The second-order valence-electron chi connectivity index (χ2n) is 8.94. The maximum Gasteiger partial charge on any atom is 0.407 e. The number of carboxylic acids is 1. The molecule has 2 amide bonds. The van der Waals surface area contributed by atoms with Crippen molar-refractivity contribution in [3.63, 3.8) is 0 Å². The van der Waals surface area contributed by atoms with Crippen LogP contribution in [0.5, 0.6) is 0 Å². The molecular weight excluding hydrogens is 458 g/mol. The summed E-state index contributed by atoms with van der Waals surface area (Å²) in [6.45, 7) is -1.38. The normalized spacial score (nSPS) is 18.1. The van der Waals surface area contributed by atoms with E-state index in [1.165, 1.54) is 0 Å². The summed E-state index contributed by atoms with van der Waals surface area (Å²) in [5.41, 5.74) is 4.04. The lowest BCUT2D eigenvalue weighted by atomic mass is 9.98. The number of alkyl halides is 2. The average Bonchev–Trinajstić information content (AvgIpc) is 3.14. The maximum atomic E-state index is 14.7. The summed E-state index contributed by atoms with van der Waals surface area (Å²) in [5.74, 6) is -7.09. The Hall–Kier alpha value is -3.49. The molecule has 9 heteroatoms. The monoisotopic (exact) mass is 486 g/mol. The van der Waals surface area contributed by atoms with Crippen LogP contribution in [0, 0.1) is 0 Å². The summed E-state index contributed by atoms with van der Waals surface area (Å²) in [4.78, 5) is 37.2. The van der Waals surface area contributed by atoms with Crippen molar-refractivity contribution in [2.24, 2.45) is 0 Å². The van der Waals surface area contributed by atoms with Crippen molar-refractivity contribution in [2.75, 3.05) is 19.7 Å². The summed E-state index contributed by atoms with van der Waals surface area (Å²) < 4.78 is 34.7. The fourth-order valence-corrected chi connectivity index (χ4v) is 4.90. The third-order valence-electron chi connectivity index (χ3n) is 6.66. The van der Waals surface area contributed by atoms with Crippen LogP contribution in [0.3, 0.4) is 0 Å². The molecule has 1 aliphatic carbocycles. The first kappa shape index (κ1) is 24.6. The number of amides is 2. The molecule has 1 unspecified atom stereocenters. The van der Waals surface area contributed by atoms with Gasteiger partial charge in [0, 0.05) is 12.5 Å². The first-order valence-corrected chi connectivity index (χ1v) is 11.8. The van der Waals surface area contributed by atoms with Gasteiger partial charge in [-0.1, -0.05) is 67.8 Å². The molecule has 0 aromatic heterocycles. The first-order valence-electron chi connectivity index (χ1n) is 11.8. The van der Waals surface area contributed by atoms with Crippen molar-refractivity contribution in [1.29, 1.82) is 0 Å². The fourth-order valence-electron chi connectivity index (χ4n) is 4.90. The highest BCUT2D eigenvalue weighted by molar-refractivity contribution is 5.89. The molecule has 4 rings (SSSR count). The Bertz CT molecular complexity index is 1060. The minimum atomic E-state index is -3.96. The van der Waals surface area contributed by atoms with E-state index in [0.29, 0.717) is 12.8 Å². The zero-order valence-electron chi connectivity index (χ0n) is 19.2. The third kappa shape index (κ3) is 5.28. The molecule has 2 aliphatic rings. The van der Waals surface area contributed by atoms with E-state index >= 15 is 0 Å². The molecule has 1 fully saturated rings. The van der Waals surface area contributed by atoms with Gasteiger partial charge >= 0.3 is 18.0 Å². The van der Waals surface area contributed by atoms with Crippen molar-refractivity contribution in [3.05, 3.63) is 59.7 Å². The van der Waals surface area contributed by atoms with Gasteiger partial charge in [-0.05, 0) is 35.1 Å². The van der Waals surface area contributed by atoms with E-state index in [9.17, 15) is 28.3 Å². The van der Waals surface area contributed by atoms with Crippen LogP contribution in [0.1, 0.15) is 49.1 Å². The lowest BCUT2D eigenvalue weighted by Crippen LogP contribution is -2.55. The van der Waals surface area contributed by atoms with Gasteiger partial charge in [0.15, 0.2) is 0 Å². The zero-order chi connectivity index (χ0) is 25.0. The number of fused-ring (bicyclic) bond motifs is 3. The number of hydrogen-bond donors (Lipinski definition) is 2. The molecule has 35 heavy (non-hydrogen) atoms. The van der Waals surface area contributed by atoms with Gasteiger partial charge in [0.25, 0.3) is 5.91 Å². The van der Waals surface area contributed by atoms with Gasteiger partial charge in [-0.25, -0.2) is 9.59 Å². The number of carbonyl (C=O) groups is 3. The number of carboxylic acid groups (broad SMARTS) is 1. The Labute approximate surface area is 202 Å².